The molecule has 12 heteroatoms. The van der Waals surface area contributed by atoms with E-state index in [4.69, 9.17) is 18.5 Å². The monoisotopic (exact) mass is 945 g/mol. The van der Waals surface area contributed by atoms with Crippen molar-refractivity contribution in [2.75, 3.05) is 47.5 Å². The molecule has 56 heavy (non-hydrogen) atoms. The molecule has 0 rings (SSSR count). The van der Waals surface area contributed by atoms with Crippen LogP contribution >= 0.6 is 39.7 Å². The fraction of sp³-hybridized carbons (Fsp3) is 0.955. The topological polar surface area (TPSA) is 111 Å². The van der Waals surface area contributed by atoms with Gasteiger partial charge in [-0.1, -0.05) is 200 Å². The predicted octanol–water partition coefficient (Wildman–Crippen LogP) is 12.9. The minimum atomic E-state index is -4.63. The highest BCUT2D eigenvalue weighted by molar-refractivity contribution is 9.12. The highest BCUT2D eigenvalue weighted by atomic mass is 79.9. The smallest absolute Gasteiger partial charge is 0.306 e. The number of alkyl halides is 2. The second-order valence-electron chi connectivity index (χ2n) is 17.0. The normalized spacial score (nSPS) is 14.6. The number of nitrogens with zero attached hydrogens (tertiary/aromatic N) is 1. The Hall–Kier alpha value is -0.0300. The van der Waals surface area contributed by atoms with Crippen molar-refractivity contribution in [3.05, 3.63) is 0 Å². The number of carbonyl (C=O) groups excluding carboxylic acids is 2. The first kappa shape index (κ1) is 56.0. The summed E-state index contributed by atoms with van der Waals surface area (Å²) in [4.78, 5) is 38.6. The molecule has 334 valence electrons. The van der Waals surface area contributed by atoms with Crippen LogP contribution < -0.4 is 4.89 Å². The van der Waals surface area contributed by atoms with Gasteiger partial charge in [-0.25, -0.2) is 0 Å². The maximum absolute atomic E-state index is 12.7. The number of unbranched alkanes of at least 4 members (excludes halogenated alkanes) is 23. The molecule has 4 unspecified atom stereocenters. The van der Waals surface area contributed by atoms with Gasteiger partial charge in [-0.2, -0.15) is 0 Å². The van der Waals surface area contributed by atoms with Gasteiger partial charge in [-0.05, 0) is 25.7 Å². The zero-order valence-corrected chi connectivity index (χ0v) is 40.8. The van der Waals surface area contributed by atoms with Crippen LogP contribution in [0.3, 0.4) is 0 Å². The van der Waals surface area contributed by atoms with Crippen LogP contribution in [0.25, 0.3) is 0 Å². The molecule has 0 N–H and O–H groups in total. The van der Waals surface area contributed by atoms with Gasteiger partial charge >= 0.3 is 11.9 Å². The van der Waals surface area contributed by atoms with Gasteiger partial charge in [0.2, 0.25) is 0 Å². The Morgan fingerprint density at radius 3 is 1.34 bits per heavy atom. The quantitative estimate of drug-likeness (QED) is 0.0196. The fourth-order valence-corrected chi connectivity index (χ4v) is 8.42. The number of phosphoric acid groups is 1. The van der Waals surface area contributed by atoms with Crippen molar-refractivity contribution in [2.24, 2.45) is 0 Å². The van der Waals surface area contributed by atoms with E-state index in [9.17, 15) is 19.0 Å². The third kappa shape index (κ3) is 39.4. The predicted molar refractivity (Wildman–Crippen MR) is 239 cm³/mol. The molecule has 0 spiro atoms. The van der Waals surface area contributed by atoms with Gasteiger partial charge in [0.25, 0.3) is 7.82 Å². The van der Waals surface area contributed by atoms with Crippen molar-refractivity contribution >= 4 is 51.6 Å². The molecule has 0 heterocycles. The van der Waals surface area contributed by atoms with E-state index in [1.54, 1.807) is 0 Å². The Kier molecular flexibility index (Phi) is 37.9. The van der Waals surface area contributed by atoms with Crippen molar-refractivity contribution < 1.29 is 42.1 Å². The van der Waals surface area contributed by atoms with Gasteiger partial charge in [-0.15, -0.1) is 0 Å². The first-order valence-electron chi connectivity index (χ1n) is 22.8. The summed E-state index contributed by atoms with van der Waals surface area (Å²) in [5, 5.41) is 0. The molecule has 0 aliphatic rings. The third-order valence-corrected chi connectivity index (χ3v) is 14.1. The number of carbonyl (C=O) groups is 2. The molecule has 0 aromatic heterocycles. The average Bonchev–Trinajstić information content (AvgIpc) is 3.14. The minimum Gasteiger partial charge on any atom is -0.756 e. The largest absolute Gasteiger partial charge is 0.756 e. The summed E-state index contributed by atoms with van der Waals surface area (Å²) in [7, 11) is 1.16. The van der Waals surface area contributed by atoms with E-state index in [1.165, 1.54) is 122 Å². The molecule has 4 atom stereocenters. The highest BCUT2D eigenvalue weighted by Crippen LogP contribution is 2.38. The fourth-order valence-electron chi connectivity index (χ4n) is 6.52. The molecule has 0 aromatic carbocycles. The maximum Gasteiger partial charge on any atom is 0.306 e. The lowest BCUT2D eigenvalue weighted by Gasteiger charge is -2.28. The van der Waals surface area contributed by atoms with Crippen LogP contribution in [0.5, 0.6) is 0 Å². The Morgan fingerprint density at radius 2 is 0.929 bits per heavy atom. The van der Waals surface area contributed by atoms with Crippen molar-refractivity contribution in [1.29, 1.82) is 0 Å². The van der Waals surface area contributed by atoms with Crippen LogP contribution in [0.15, 0.2) is 0 Å². The molecule has 0 aromatic rings. The van der Waals surface area contributed by atoms with Crippen LogP contribution in [0.2, 0.25) is 0 Å². The summed E-state index contributed by atoms with van der Waals surface area (Å²) >= 11 is 7.75. The number of rotatable bonds is 42. The van der Waals surface area contributed by atoms with Gasteiger partial charge in [0.1, 0.15) is 19.8 Å². The van der Waals surface area contributed by atoms with Gasteiger partial charge in [-0.3, -0.25) is 14.2 Å². The zero-order chi connectivity index (χ0) is 41.8. The number of likely N-dealkylation sites (N-methyl/N-ethyl adjacent to an activating group) is 1. The average molecular weight is 948 g/mol. The molecule has 0 aliphatic heterocycles. The van der Waals surface area contributed by atoms with Crippen LogP contribution in [0.4, 0.5) is 0 Å². The summed E-state index contributed by atoms with van der Waals surface area (Å²) in [6.07, 6.45) is 33.2. The number of hydrogen-bond donors (Lipinski definition) is 0. The van der Waals surface area contributed by atoms with Crippen molar-refractivity contribution in [1.82, 2.24) is 0 Å². The summed E-state index contributed by atoms with van der Waals surface area (Å²) < 4.78 is 34.0. The molecule has 0 fully saturated rings. The lowest BCUT2D eigenvalue weighted by Crippen LogP contribution is -2.37. The summed E-state index contributed by atoms with van der Waals surface area (Å²) in [6.45, 7) is 4.22. The van der Waals surface area contributed by atoms with E-state index in [1.807, 2.05) is 21.1 Å². The Balaban J connectivity index is 4.42. The van der Waals surface area contributed by atoms with E-state index in [2.05, 4.69) is 45.7 Å². The molecule has 0 amide bonds. The molecule has 0 saturated carbocycles. The lowest BCUT2D eigenvalue weighted by atomic mass is 10.0. The Morgan fingerprint density at radius 1 is 0.554 bits per heavy atom. The number of quaternary nitrogens is 1. The summed E-state index contributed by atoms with van der Waals surface area (Å²) in [5.74, 6) is -0.842. The van der Waals surface area contributed by atoms with E-state index in [0.717, 1.165) is 51.4 Å². The number of hydrogen-bond acceptors (Lipinski definition) is 8. The first-order valence-corrected chi connectivity index (χ1v) is 26.1. The molecular formula is C44H86Br2NO8P. The third-order valence-electron chi connectivity index (χ3n) is 10.2. The summed E-state index contributed by atoms with van der Waals surface area (Å²) in [6, 6.07) is 0. The van der Waals surface area contributed by atoms with Gasteiger partial charge < -0.3 is 27.9 Å². The van der Waals surface area contributed by atoms with Gasteiger partial charge in [0.15, 0.2) is 6.10 Å². The van der Waals surface area contributed by atoms with E-state index in [-0.39, 0.29) is 32.0 Å². The van der Waals surface area contributed by atoms with Crippen LogP contribution in [0.1, 0.15) is 206 Å². The molecule has 0 saturated heterocycles. The van der Waals surface area contributed by atoms with Crippen LogP contribution in [-0.2, 0) is 32.7 Å². The second-order valence-corrected chi connectivity index (χ2v) is 20.7. The van der Waals surface area contributed by atoms with E-state index >= 15 is 0 Å². The number of halogens is 2. The van der Waals surface area contributed by atoms with E-state index < -0.39 is 26.5 Å². The number of phosphoric ester groups is 1. The van der Waals surface area contributed by atoms with Crippen molar-refractivity contribution in [3.63, 3.8) is 0 Å². The van der Waals surface area contributed by atoms with Crippen molar-refractivity contribution in [3.8, 4) is 0 Å². The standard InChI is InChI=1S/C44H86Br2NO8P/c1-6-8-10-12-14-15-16-17-18-19-20-21-22-26-30-34-43(48)52-38-40(39-54-56(50,51)53-37-36-47(3,4)5)55-44(49)35-31-27-23-25-29-33-42(46)41(45)32-28-24-13-11-9-7-2/h40-42H,6-39H2,1-5H3. The van der Waals surface area contributed by atoms with Crippen LogP contribution in [-0.4, -0.2) is 79.7 Å². The molecule has 9 nitrogen and oxygen atoms in total. The summed E-state index contributed by atoms with van der Waals surface area (Å²) in [5.41, 5.74) is 0. The molecule has 0 aliphatic carbocycles. The Labute approximate surface area is 361 Å². The SMILES string of the molecule is CCCCCCCCCCCCCCCCCC(=O)OCC(COP(=O)([O-])OCC[N+](C)(C)C)OC(=O)CCCCCCCC(Br)C(Br)CCCCCCCC. The van der Waals surface area contributed by atoms with Crippen LogP contribution in [0, 0.1) is 0 Å². The van der Waals surface area contributed by atoms with Gasteiger partial charge in [0, 0.05) is 22.5 Å². The van der Waals surface area contributed by atoms with Gasteiger partial charge in [0.05, 0.1) is 27.7 Å². The second kappa shape index (κ2) is 37.9. The first-order chi connectivity index (χ1) is 26.8. The maximum atomic E-state index is 12.7. The number of esters is 2. The van der Waals surface area contributed by atoms with Crippen molar-refractivity contribution in [2.45, 2.75) is 222 Å². The highest BCUT2D eigenvalue weighted by Gasteiger charge is 2.22. The molecule has 0 radical (unpaired) electrons. The zero-order valence-electron chi connectivity index (χ0n) is 36.7. The number of ether oxygens (including phenoxy) is 2. The molecular weight excluding hydrogens is 861 g/mol. The minimum absolute atomic E-state index is 0.0326. The Bertz CT molecular complexity index is 970. The molecule has 0 bridgehead atoms. The lowest BCUT2D eigenvalue weighted by molar-refractivity contribution is -0.870. The van der Waals surface area contributed by atoms with E-state index in [0.29, 0.717) is 27.1 Å².